The SMILES string of the molecule is CCc1cccc(-c2cccc(COc3cc(CN)ccc3CC(=O)OC)c2)c1. The number of hydrogen-bond donors (Lipinski definition) is 1. The lowest BCUT2D eigenvalue weighted by Crippen LogP contribution is -2.08. The van der Waals surface area contributed by atoms with E-state index in [0.29, 0.717) is 18.9 Å². The second-order valence-electron chi connectivity index (χ2n) is 6.94. The van der Waals surface area contributed by atoms with Gasteiger partial charge in [0, 0.05) is 12.1 Å². The molecule has 0 atom stereocenters. The minimum atomic E-state index is -0.298. The fraction of sp³-hybridized carbons (Fsp3) is 0.240. The van der Waals surface area contributed by atoms with Crippen LogP contribution < -0.4 is 10.5 Å². The molecule has 150 valence electrons. The summed E-state index contributed by atoms with van der Waals surface area (Å²) in [6.45, 7) is 2.98. The Kier molecular flexibility index (Phi) is 7.04. The van der Waals surface area contributed by atoms with Crippen LogP contribution >= 0.6 is 0 Å². The summed E-state index contributed by atoms with van der Waals surface area (Å²) in [6.07, 6.45) is 1.18. The van der Waals surface area contributed by atoms with Gasteiger partial charge in [-0.05, 0) is 46.4 Å². The van der Waals surface area contributed by atoms with E-state index in [2.05, 4.69) is 43.3 Å². The molecule has 29 heavy (non-hydrogen) atoms. The van der Waals surface area contributed by atoms with Gasteiger partial charge in [-0.1, -0.05) is 61.5 Å². The number of esters is 1. The predicted molar refractivity (Wildman–Crippen MR) is 116 cm³/mol. The van der Waals surface area contributed by atoms with Crippen molar-refractivity contribution in [1.82, 2.24) is 0 Å². The molecule has 0 aliphatic heterocycles. The standard InChI is InChI=1S/C25H27NO3/c1-3-18-6-4-8-21(12-18)22-9-5-7-20(13-22)17-29-24-14-19(16-26)10-11-23(24)15-25(27)28-2/h4-14H,3,15-17,26H2,1-2H3. The van der Waals surface area contributed by atoms with E-state index in [1.54, 1.807) is 0 Å². The Balaban J connectivity index is 1.80. The van der Waals surface area contributed by atoms with Crippen LogP contribution in [0.5, 0.6) is 5.75 Å². The lowest BCUT2D eigenvalue weighted by Gasteiger charge is -2.13. The summed E-state index contributed by atoms with van der Waals surface area (Å²) in [5.41, 5.74) is 12.2. The smallest absolute Gasteiger partial charge is 0.310 e. The lowest BCUT2D eigenvalue weighted by molar-refractivity contribution is -0.139. The number of hydrogen-bond acceptors (Lipinski definition) is 4. The molecule has 2 N–H and O–H groups in total. The first-order valence-electron chi connectivity index (χ1n) is 9.82. The summed E-state index contributed by atoms with van der Waals surface area (Å²) in [5.74, 6) is 0.366. The molecule has 0 aliphatic rings. The van der Waals surface area contributed by atoms with E-state index >= 15 is 0 Å². The van der Waals surface area contributed by atoms with Gasteiger partial charge in [-0.3, -0.25) is 4.79 Å². The highest BCUT2D eigenvalue weighted by Crippen LogP contribution is 2.25. The summed E-state index contributed by atoms with van der Waals surface area (Å²) >= 11 is 0. The summed E-state index contributed by atoms with van der Waals surface area (Å²) in [6, 6.07) is 22.6. The van der Waals surface area contributed by atoms with E-state index in [-0.39, 0.29) is 12.4 Å². The first-order chi connectivity index (χ1) is 14.1. The second-order valence-corrected chi connectivity index (χ2v) is 6.94. The van der Waals surface area contributed by atoms with Crippen LogP contribution in [0, 0.1) is 0 Å². The third kappa shape index (κ3) is 5.46. The Hall–Kier alpha value is -3.11. The molecule has 4 heteroatoms. The van der Waals surface area contributed by atoms with Crippen LogP contribution in [0.3, 0.4) is 0 Å². The van der Waals surface area contributed by atoms with Gasteiger partial charge >= 0.3 is 5.97 Å². The molecule has 3 rings (SSSR count). The van der Waals surface area contributed by atoms with Crippen LogP contribution in [0.25, 0.3) is 11.1 Å². The van der Waals surface area contributed by atoms with E-state index in [1.807, 2.05) is 30.3 Å². The lowest BCUT2D eigenvalue weighted by atomic mass is 10.0. The largest absolute Gasteiger partial charge is 0.489 e. The molecule has 0 bridgehead atoms. The highest BCUT2D eigenvalue weighted by molar-refractivity contribution is 5.73. The van der Waals surface area contributed by atoms with Crippen molar-refractivity contribution in [3.8, 4) is 16.9 Å². The van der Waals surface area contributed by atoms with Gasteiger partial charge in [-0.15, -0.1) is 0 Å². The Morgan fingerprint density at radius 3 is 2.24 bits per heavy atom. The number of carbonyl (C=O) groups excluding carboxylic acids is 1. The first-order valence-corrected chi connectivity index (χ1v) is 9.82. The third-order valence-corrected chi connectivity index (χ3v) is 4.92. The molecule has 4 nitrogen and oxygen atoms in total. The number of nitrogens with two attached hydrogens (primary N) is 1. The highest BCUT2D eigenvalue weighted by Gasteiger charge is 2.11. The van der Waals surface area contributed by atoms with Gasteiger partial charge in [0.05, 0.1) is 13.5 Å². The van der Waals surface area contributed by atoms with Gasteiger partial charge in [-0.2, -0.15) is 0 Å². The number of benzene rings is 3. The zero-order valence-corrected chi connectivity index (χ0v) is 17.0. The minimum Gasteiger partial charge on any atom is -0.489 e. The van der Waals surface area contributed by atoms with Gasteiger partial charge < -0.3 is 15.2 Å². The summed E-state index contributed by atoms with van der Waals surface area (Å²) in [5, 5.41) is 0. The molecule has 3 aromatic carbocycles. The maximum absolute atomic E-state index is 11.7. The van der Waals surface area contributed by atoms with Gasteiger partial charge in [0.2, 0.25) is 0 Å². The summed E-state index contributed by atoms with van der Waals surface area (Å²) < 4.78 is 10.9. The van der Waals surface area contributed by atoms with E-state index < -0.39 is 0 Å². The molecule has 3 aromatic rings. The normalized spacial score (nSPS) is 10.6. The van der Waals surface area contributed by atoms with E-state index in [4.69, 9.17) is 15.2 Å². The van der Waals surface area contributed by atoms with E-state index in [0.717, 1.165) is 28.7 Å². The number of rotatable bonds is 8. The van der Waals surface area contributed by atoms with Gasteiger partial charge in [-0.25, -0.2) is 0 Å². The van der Waals surface area contributed by atoms with Crippen molar-refractivity contribution in [2.45, 2.75) is 32.9 Å². The molecule has 0 saturated heterocycles. The van der Waals surface area contributed by atoms with Crippen LogP contribution in [0.2, 0.25) is 0 Å². The van der Waals surface area contributed by atoms with Crippen LogP contribution in [0.15, 0.2) is 66.7 Å². The maximum Gasteiger partial charge on any atom is 0.310 e. The van der Waals surface area contributed by atoms with Crippen molar-refractivity contribution in [3.05, 3.63) is 89.0 Å². The van der Waals surface area contributed by atoms with Crippen molar-refractivity contribution in [2.75, 3.05) is 7.11 Å². The maximum atomic E-state index is 11.7. The van der Waals surface area contributed by atoms with Crippen molar-refractivity contribution in [1.29, 1.82) is 0 Å². The molecule has 0 unspecified atom stereocenters. The van der Waals surface area contributed by atoms with Gasteiger partial charge in [0.15, 0.2) is 0 Å². The Labute approximate surface area is 172 Å². The Morgan fingerprint density at radius 1 is 0.897 bits per heavy atom. The average molecular weight is 389 g/mol. The molecule has 0 aliphatic carbocycles. The monoisotopic (exact) mass is 389 g/mol. The summed E-state index contributed by atoms with van der Waals surface area (Å²) in [4.78, 5) is 11.7. The zero-order valence-electron chi connectivity index (χ0n) is 17.0. The fourth-order valence-electron chi connectivity index (χ4n) is 3.21. The second kappa shape index (κ2) is 9.89. The topological polar surface area (TPSA) is 61.5 Å². The molecular formula is C25H27NO3. The number of carbonyl (C=O) groups is 1. The average Bonchev–Trinajstić information content (AvgIpc) is 2.78. The molecule has 0 radical (unpaired) electrons. The predicted octanol–water partition coefficient (Wildman–Crippen LogP) is 4.67. The molecule has 0 amide bonds. The van der Waals surface area contributed by atoms with Gasteiger partial charge in [0.25, 0.3) is 0 Å². The minimum absolute atomic E-state index is 0.167. The molecule has 0 spiro atoms. The van der Waals surface area contributed by atoms with E-state index in [9.17, 15) is 4.79 Å². The van der Waals surface area contributed by atoms with Crippen LogP contribution in [0.4, 0.5) is 0 Å². The van der Waals surface area contributed by atoms with Crippen molar-refractivity contribution >= 4 is 5.97 Å². The van der Waals surface area contributed by atoms with Crippen LogP contribution in [-0.2, 0) is 35.5 Å². The number of ether oxygens (including phenoxy) is 2. The van der Waals surface area contributed by atoms with Crippen LogP contribution in [0.1, 0.15) is 29.2 Å². The molecule has 0 fully saturated rings. The summed E-state index contributed by atoms with van der Waals surface area (Å²) in [7, 11) is 1.39. The quantitative estimate of drug-likeness (QED) is 0.569. The zero-order chi connectivity index (χ0) is 20.6. The third-order valence-electron chi connectivity index (χ3n) is 4.92. The van der Waals surface area contributed by atoms with Crippen molar-refractivity contribution in [3.63, 3.8) is 0 Å². The fourth-order valence-corrected chi connectivity index (χ4v) is 3.21. The van der Waals surface area contributed by atoms with Gasteiger partial charge in [0.1, 0.15) is 12.4 Å². The highest BCUT2D eigenvalue weighted by atomic mass is 16.5. The van der Waals surface area contributed by atoms with Crippen molar-refractivity contribution < 1.29 is 14.3 Å². The first kappa shape index (κ1) is 20.6. The number of aryl methyl sites for hydroxylation is 1. The van der Waals surface area contributed by atoms with E-state index in [1.165, 1.54) is 18.2 Å². The number of methoxy groups -OCH3 is 1. The Morgan fingerprint density at radius 2 is 1.59 bits per heavy atom. The van der Waals surface area contributed by atoms with Crippen molar-refractivity contribution in [2.24, 2.45) is 5.73 Å². The Bertz CT molecular complexity index is 981. The molecular weight excluding hydrogens is 362 g/mol. The molecule has 0 saturated carbocycles. The van der Waals surface area contributed by atoms with Crippen LogP contribution in [-0.4, -0.2) is 13.1 Å². The molecule has 0 heterocycles. The molecule has 0 aromatic heterocycles.